The van der Waals surface area contributed by atoms with Crippen LogP contribution in [0.1, 0.15) is 43.7 Å². The minimum atomic E-state index is -0.365. The van der Waals surface area contributed by atoms with Gasteiger partial charge in [0.2, 0.25) is 0 Å². The maximum atomic E-state index is 7.52. The second kappa shape index (κ2) is 25.2. The summed E-state index contributed by atoms with van der Waals surface area (Å²) in [5.41, 5.74) is 5.61. The molecule has 5 atom stereocenters. The van der Waals surface area contributed by atoms with Crippen molar-refractivity contribution < 1.29 is 47.4 Å². The summed E-state index contributed by atoms with van der Waals surface area (Å²) in [6.45, 7) is 13.0. The number of hydrogen-bond donors (Lipinski definition) is 0. The zero-order valence-electron chi connectivity index (χ0n) is 34.8. The van der Waals surface area contributed by atoms with E-state index in [4.69, 9.17) is 70.6 Å². The highest BCUT2D eigenvalue weighted by Crippen LogP contribution is 2.49. The Kier molecular flexibility index (Phi) is 19.5. The molecule has 0 spiro atoms. The molecule has 0 N–H and O–H groups in total. The highest BCUT2D eigenvalue weighted by atomic mass is 35.5. The van der Waals surface area contributed by atoms with Gasteiger partial charge in [0.15, 0.2) is 0 Å². The summed E-state index contributed by atoms with van der Waals surface area (Å²) in [6.07, 6.45) is 15.0. The maximum Gasteiger partial charge on any atom is 0.126 e. The van der Waals surface area contributed by atoms with E-state index in [0.717, 1.165) is 70.1 Å². The van der Waals surface area contributed by atoms with Gasteiger partial charge in [-0.1, -0.05) is 48.6 Å². The molecule has 0 aromatic heterocycles. The summed E-state index contributed by atoms with van der Waals surface area (Å²) in [5, 5.41) is 0. The second-order valence-electron chi connectivity index (χ2n) is 15.4. The van der Waals surface area contributed by atoms with Crippen molar-refractivity contribution >= 4 is 23.2 Å². The van der Waals surface area contributed by atoms with Gasteiger partial charge in [-0.15, -0.1) is 29.8 Å². The lowest BCUT2D eigenvalue weighted by atomic mass is 9.69. The Hall–Kier alpha value is -2.80. The van der Waals surface area contributed by atoms with Crippen molar-refractivity contribution in [1.82, 2.24) is 0 Å². The minimum Gasteiger partial charge on any atom is -0.495 e. The molecule has 1 aromatic rings. The molecule has 1 unspecified atom stereocenters. The van der Waals surface area contributed by atoms with Crippen LogP contribution < -0.4 is 4.74 Å². The second-order valence-corrected chi connectivity index (χ2v) is 16.1. The summed E-state index contributed by atoms with van der Waals surface area (Å²) in [5.74, 6) is 4.47. The van der Waals surface area contributed by atoms with Crippen LogP contribution >= 0.6 is 23.2 Å². The lowest BCUT2D eigenvalue weighted by molar-refractivity contribution is -0.0495. The molecule has 10 nitrogen and oxygen atoms in total. The largest absolute Gasteiger partial charge is 0.495 e. The van der Waals surface area contributed by atoms with E-state index in [-0.39, 0.29) is 29.8 Å². The summed E-state index contributed by atoms with van der Waals surface area (Å²) in [7, 11) is 0. The van der Waals surface area contributed by atoms with E-state index in [2.05, 4.69) is 56.0 Å². The van der Waals surface area contributed by atoms with E-state index >= 15 is 0 Å². The molecule has 2 aliphatic carbocycles. The van der Waals surface area contributed by atoms with Crippen molar-refractivity contribution in [3.8, 4) is 5.75 Å². The van der Waals surface area contributed by atoms with Gasteiger partial charge in [0.25, 0.3) is 0 Å². The first-order valence-corrected chi connectivity index (χ1v) is 22.5. The van der Waals surface area contributed by atoms with Crippen LogP contribution in [-0.2, 0) is 55.5 Å². The van der Waals surface area contributed by atoms with Crippen LogP contribution in [0.5, 0.6) is 5.75 Å². The zero-order valence-corrected chi connectivity index (χ0v) is 36.3. The summed E-state index contributed by atoms with van der Waals surface area (Å²) >= 11 is 11.9. The van der Waals surface area contributed by atoms with E-state index in [1.165, 1.54) is 0 Å². The van der Waals surface area contributed by atoms with Gasteiger partial charge in [0.05, 0.1) is 85.0 Å². The van der Waals surface area contributed by atoms with Gasteiger partial charge in [-0.25, -0.2) is 0 Å². The fourth-order valence-electron chi connectivity index (χ4n) is 8.91. The van der Waals surface area contributed by atoms with Gasteiger partial charge in [-0.3, -0.25) is 0 Å². The molecule has 1 fully saturated rings. The Morgan fingerprint density at radius 1 is 0.712 bits per heavy atom. The zero-order chi connectivity index (χ0) is 41.1. The Morgan fingerprint density at radius 2 is 1.32 bits per heavy atom. The summed E-state index contributed by atoms with van der Waals surface area (Å²) in [6, 6.07) is 6.51. The molecular weight excluding hydrogens is 795 g/mol. The Labute approximate surface area is 361 Å². The smallest absolute Gasteiger partial charge is 0.126 e. The third-order valence-corrected chi connectivity index (χ3v) is 11.7. The number of benzene rings is 1. The number of alkyl halides is 2. The van der Waals surface area contributed by atoms with Crippen LogP contribution in [0.2, 0.25) is 0 Å². The molecule has 59 heavy (non-hydrogen) atoms. The van der Waals surface area contributed by atoms with Crippen LogP contribution in [0.25, 0.3) is 0 Å². The summed E-state index contributed by atoms with van der Waals surface area (Å²) < 4.78 is 63.9. The van der Waals surface area contributed by atoms with Crippen LogP contribution in [0.3, 0.4) is 0 Å². The van der Waals surface area contributed by atoms with Crippen molar-refractivity contribution in [2.75, 3.05) is 111 Å². The molecule has 3 heterocycles. The van der Waals surface area contributed by atoms with Gasteiger partial charge in [0, 0.05) is 48.3 Å². The van der Waals surface area contributed by atoms with Crippen molar-refractivity contribution in [2.24, 2.45) is 23.7 Å². The van der Waals surface area contributed by atoms with Crippen molar-refractivity contribution in [3.05, 3.63) is 100 Å². The monoisotopic (exact) mass is 858 g/mol. The predicted octanol–water partition coefficient (Wildman–Crippen LogP) is 8.32. The molecular formula is C47H64Cl2O10. The fraction of sp³-hybridized carbons (Fsp3) is 0.617. The quantitative estimate of drug-likeness (QED) is 0.103. The van der Waals surface area contributed by atoms with Crippen LogP contribution in [0.4, 0.5) is 0 Å². The maximum absolute atomic E-state index is 7.52. The van der Waals surface area contributed by atoms with Crippen molar-refractivity contribution in [3.63, 3.8) is 0 Å². The van der Waals surface area contributed by atoms with E-state index < -0.39 is 0 Å². The molecule has 12 heteroatoms. The number of fused-ring (bicyclic) bond motifs is 1. The Morgan fingerprint density at radius 3 is 2.00 bits per heavy atom. The molecule has 1 saturated heterocycles. The minimum absolute atomic E-state index is 0.00579. The van der Waals surface area contributed by atoms with Crippen LogP contribution in [0, 0.1) is 23.7 Å². The average Bonchev–Trinajstić information content (AvgIpc) is 3.26. The van der Waals surface area contributed by atoms with E-state index in [9.17, 15) is 0 Å². The van der Waals surface area contributed by atoms with Gasteiger partial charge < -0.3 is 47.4 Å². The summed E-state index contributed by atoms with van der Waals surface area (Å²) in [4.78, 5) is 0. The highest BCUT2D eigenvalue weighted by molar-refractivity contribution is 6.18. The van der Waals surface area contributed by atoms with E-state index in [0.29, 0.717) is 130 Å². The molecule has 8 bridgehead atoms. The molecule has 0 amide bonds. The number of para-hydroxylation sites is 1. The third kappa shape index (κ3) is 13.1. The molecule has 6 rings (SSSR count). The normalized spacial score (nSPS) is 25.9. The molecule has 5 aliphatic rings. The highest BCUT2D eigenvalue weighted by Gasteiger charge is 2.45. The molecule has 0 saturated carbocycles. The van der Waals surface area contributed by atoms with Crippen molar-refractivity contribution in [1.29, 1.82) is 0 Å². The predicted molar refractivity (Wildman–Crippen MR) is 230 cm³/mol. The molecule has 326 valence electrons. The third-order valence-electron chi connectivity index (χ3n) is 11.4. The van der Waals surface area contributed by atoms with Crippen LogP contribution in [-0.4, -0.2) is 117 Å². The number of halogens is 2. The SMILES string of the molecule is C=CC[C@@H]1CC2=C3OCCOCCOCCOCCOC[C@@H]4Oc5c(cccc5CC5=C(OCCOCCCl)[C@H](CC=C5)C4[C@H]3CC=C2)CC(C)=C1OCCOCCCl. The van der Waals surface area contributed by atoms with Gasteiger partial charge in [-0.05, 0) is 60.5 Å². The molecule has 1 aromatic carbocycles. The average molecular weight is 860 g/mol. The van der Waals surface area contributed by atoms with Crippen LogP contribution in [0.15, 0.2) is 89.2 Å². The number of allylic oxidation sites excluding steroid dienone is 11. The number of ether oxygens (including phenoxy) is 10. The topological polar surface area (TPSA) is 92.3 Å². The van der Waals surface area contributed by atoms with Gasteiger partial charge in [-0.2, -0.15) is 0 Å². The lowest BCUT2D eigenvalue weighted by Gasteiger charge is -2.42. The number of hydrogen-bond acceptors (Lipinski definition) is 10. The standard InChI is InChI=1S/C47H64Cl2O10/c1-3-7-35-31-38-10-5-12-40-43-41-13-6-11-39(47(41)57-28-25-51-17-15-49)32-37-9-4-8-36(30-34(2)44(35)56-27-24-50-16-14-48)45(37)59-42(43)33-55-23-22-53-19-18-52-20-21-54-26-29-58-46(38)40/h3-6,8-11,35,40-43H,1,7,12-33H2,2H3/t35-,40-,41-,42+,43?/m1/s1. The Bertz CT molecular complexity index is 1640. The lowest BCUT2D eigenvalue weighted by Crippen LogP contribution is -2.44. The van der Waals surface area contributed by atoms with E-state index in [1.807, 2.05) is 6.08 Å². The first-order valence-electron chi connectivity index (χ1n) is 21.5. The number of rotatable bonds is 14. The molecule has 3 aliphatic heterocycles. The van der Waals surface area contributed by atoms with E-state index in [1.54, 1.807) is 0 Å². The first kappa shape index (κ1) is 45.7. The first-order chi connectivity index (χ1) is 29.1. The van der Waals surface area contributed by atoms with Gasteiger partial charge >= 0.3 is 0 Å². The van der Waals surface area contributed by atoms with Crippen molar-refractivity contribution in [2.45, 2.75) is 51.6 Å². The fourth-order valence-corrected chi connectivity index (χ4v) is 9.13. The van der Waals surface area contributed by atoms with Gasteiger partial charge in [0.1, 0.15) is 43.2 Å². The Balaban J connectivity index is 1.52. The molecule has 0 radical (unpaired) electrons.